The van der Waals surface area contributed by atoms with E-state index in [4.69, 9.17) is 0 Å². The number of hydrogen-bond acceptors (Lipinski definition) is 2. The SMILES string of the molecule is CC(=CCN(C)C)c1ccc(Sc2ccccc2)cc1. The van der Waals surface area contributed by atoms with Crippen molar-refractivity contribution in [3.8, 4) is 0 Å². The Morgan fingerprint density at radius 2 is 1.55 bits per heavy atom. The summed E-state index contributed by atoms with van der Waals surface area (Å²) in [6.07, 6.45) is 2.26. The molecule has 0 radical (unpaired) electrons. The largest absolute Gasteiger partial charge is 0.306 e. The summed E-state index contributed by atoms with van der Waals surface area (Å²) in [6.45, 7) is 3.15. The highest BCUT2D eigenvalue weighted by molar-refractivity contribution is 7.99. The minimum atomic E-state index is 0.979. The minimum Gasteiger partial charge on any atom is -0.306 e. The first kappa shape index (κ1) is 14.9. The van der Waals surface area contributed by atoms with E-state index in [1.165, 1.54) is 20.9 Å². The van der Waals surface area contributed by atoms with Gasteiger partial charge in [-0.15, -0.1) is 0 Å². The van der Waals surface area contributed by atoms with E-state index in [0.29, 0.717) is 0 Å². The summed E-state index contributed by atoms with van der Waals surface area (Å²) in [5.41, 5.74) is 2.62. The van der Waals surface area contributed by atoms with Crippen molar-refractivity contribution in [2.24, 2.45) is 0 Å². The monoisotopic (exact) mass is 283 g/mol. The number of benzene rings is 2. The molecule has 0 bridgehead atoms. The molecule has 0 N–H and O–H groups in total. The average molecular weight is 283 g/mol. The summed E-state index contributed by atoms with van der Waals surface area (Å²) in [5, 5.41) is 0. The van der Waals surface area contributed by atoms with Gasteiger partial charge in [-0.1, -0.05) is 48.2 Å². The normalized spacial score (nSPS) is 11.9. The fraction of sp³-hybridized carbons (Fsp3) is 0.222. The van der Waals surface area contributed by atoms with Crippen LogP contribution in [-0.4, -0.2) is 25.5 Å². The zero-order chi connectivity index (χ0) is 14.4. The molecule has 0 aromatic heterocycles. The van der Waals surface area contributed by atoms with Crippen molar-refractivity contribution in [3.63, 3.8) is 0 Å². The lowest BCUT2D eigenvalue weighted by atomic mass is 10.1. The standard InChI is InChI=1S/C18H21NS/c1-15(13-14-19(2)3)16-9-11-18(12-10-16)20-17-7-5-4-6-8-17/h4-13H,14H2,1-3H3. The molecule has 0 aliphatic carbocycles. The first-order valence-electron chi connectivity index (χ1n) is 6.80. The van der Waals surface area contributed by atoms with Crippen LogP contribution in [0.15, 0.2) is 70.5 Å². The predicted molar refractivity (Wildman–Crippen MR) is 89.2 cm³/mol. The van der Waals surface area contributed by atoms with Gasteiger partial charge in [0.2, 0.25) is 0 Å². The van der Waals surface area contributed by atoms with Crippen LogP contribution in [0.4, 0.5) is 0 Å². The van der Waals surface area contributed by atoms with Crippen molar-refractivity contribution in [1.29, 1.82) is 0 Å². The molecule has 0 aliphatic rings. The van der Waals surface area contributed by atoms with E-state index in [1.807, 2.05) is 6.07 Å². The highest BCUT2D eigenvalue weighted by Gasteiger charge is 1.99. The van der Waals surface area contributed by atoms with Crippen LogP contribution in [0.25, 0.3) is 5.57 Å². The minimum absolute atomic E-state index is 0.979. The van der Waals surface area contributed by atoms with Gasteiger partial charge >= 0.3 is 0 Å². The molecule has 2 aromatic carbocycles. The van der Waals surface area contributed by atoms with Gasteiger partial charge in [-0.2, -0.15) is 0 Å². The number of rotatable bonds is 5. The van der Waals surface area contributed by atoms with Gasteiger partial charge in [0, 0.05) is 16.3 Å². The van der Waals surface area contributed by atoms with E-state index in [1.54, 1.807) is 11.8 Å². The van der Waals surface area contributed by atoms with Crippen LogP contribution in [-0.2, 0) is 0 Å². The van der Waals surface area contributed by atoms with Crippen molar-refractivity contribution >= 4 is 17.3 Å². The van der Waals surface area contributed by atoms with Gasteiger partial charge in [-0.3, -0.25) is 0 Å². The summed E-state index contributed by atoms with van der Waals surface area (Å²) in [7, 11) is 4.17. The van der Waals surface area contributed by atoms with Crippen LogP contribution in [0.5, 0.6) is 0 Å². The van der Waals surface area contributed by atoms with Crippen molar-refractivity contribution < 1.29 is 0 Å². The van der Waals surface area contributed by atoms with Crippen molar-refractivity contribution in [3.05, 3.63) is 66.2 Å². The third-order valence-corrected chi connectivity index (χ3v) is 4.07. The van der Waals surface area contributed by atoms with Gasteiger partial charge < -0.3 is 4.90 Å². The first-order chi connectivity index (χ1) is 9.65. The molecule has 0 atom stereocenters. The Morgan fingerprint density at radius 3 is 2.15 bits per heavy atom. The second-order valence-electron chi connectivity index (χ2n) is 5.09. The topological polar surface area (TPSA) is 3.24 Å². The Morgan fingerprint density at radius 1 is 0.950 bits per heavy atom. The summed E-state index contributed by atoms with van der Waals surface area (Å²) < 4.78 is 0. The molecule has 0 aliphatic heterocycles. The van der Waals surface area contributed by atoms with Crippen LogP contribution in [0, 0.1) is 0 Å². The Labute approximate surface area is 126 Å². The molecule has 20 heavy (non-hydrogen) atoms. The Kier molecular flexibility index (Phi) is 5.45. The van der Waals surface area contributed by atoms with E-state index >= 15 is 0 Å². The molecule has 0 spiro atoms. The lowest BCUT2D eigenvalue weighted by Gasteiger charge is -2.08. The van der Waals surface area contributed by atoms with E-state index in [9.17, 15) is 0 Å². The number of hydrogen-bond donors (Lipinski definition) is 0. The molecule has 0 heterocycles. The molecule has 0 fully saturated rings. The Hall–Kier alpha value is -1.51. The molecule has 0 saturated carbocycles. The van der Waals surface area contributed by atoms with Crippen LogP contribution in [0.1, 0.15) is 12.5 Å². The lowest BCUT2D eigenvalue weighted by molar-refractivity contribution is 0.457. The summed E-state index contributed by atoms with van der Waals surface area (Å²) in [6, 6.07) is 19.3. The molecule has 1 nitrogen and oxygen atoms in total. The van der Waals surface area contributed by atoms with Gasteiger partial charge in [0.25, 0.3) is 0 Å². The number of nitrogens with zero attached hydrogens (tertiary/aromatic N) is 1. The second-order valence-corrected chi connectivity index (χ2v) is 6.24. The maximum absolute atomic E-state index is 2.26. The summed E-state index contributed by atoms with van der Waals surface area (Å²) in [5.74, 6) is 0. The molecular formula is C18H21NS. The van der Waals surface area contributed by atoms with Gasteiger partial charge in [0.05, 0.1) is 0 Å². The zero-order valence-electron chi connectivity index (χ0n) is 12.3. The molecule has 0 unspecified atom stereocenters. The van der Waals surface area contributed by atoms with Gasteiger partial charge in [-0.25, -0.2) is 0 Å². The molecule has 0 saturated heterocycles. The lowest BCUT2D eigenvalue weighted by Crippen LogP contribution is -2.10. The number of likely N-dealkylation sites (N-methyl/N-ethyl adjacent to an activating group) is 1. The van der Waals surface area contributed by atoms with Crippen LogP contribution in [0.2, 0.25) is 0 Å². The zero-order valence-corrected chi connectivity index (χ0v) is 13.2. The molecule has 0 amide bonds. The van der Waals surface area contributed by atoms with Gasteiger partial charge in [-0.05, 0) is 56.4 Å². The average Bonchev–Trinajstić information content (AvgIpc) is 2.46. The van der Waals surface area contributed by atoms with Gasteiger partial charge in [0.15, 0.2) is 0 Å². The maximum Gasteiger partial charge on any atom is 0.0162 e. The highest BCUT2D eigenvalue weighted by Crippen LogP contribution is 2.28. The quantitative estimate of drug-likeness (QED) is 0.775. The van der Waals surface area contributed by atoms with Crippen LogP contribution < -0.4 is 0 Å². The van der Waals surface area contributed by atoms with Crippen LogP contribution in [0.3, 0.4) is 0 Å². The van der Waals surface area contributed by atoms with E-state index in [-0.39, 0.29) is 0 Å². The van der Waals surface area contributed by atoms with Crippen LogP contribution >= 0.6 is 11.8 Å². The summed E-state index contributed by atoms with van der Waals surface area (Å²) >= 11 is 1.80. The predicted octanol–water partition coefficient (Wildman–Crippen LogP) is 4.80. The molecule has 104 valence electrons. The highest BCUT2D eigenvalue weighted by atomic mass is 32.2. The third-order valence-electron chi connectivity index (χ3n) is 3.05. The fourth-order valence-electron chi connectivity index (χ4n) is 1.85. The molecule has 2 heteroatoms. The second kappa shape index (κ2) is 7.32. The fourth-order valence-corrected chi connectivity index (χ4v) is 2.69. The summed E-state index contributed by atoms with van der Waals surface area (Å²) in [4.78, 5) is 4.73. The third kappa shape index (κ3) is 4.55. The maximum atomic E-state index is 2.26. The molecular weight excluding hydrogens is 262 g/mol. The van der Waals surface area contributed by atoms with Crippen molar-refractivity contribution in [1.82, 2.24) is 4.90 Å². The van der Waals surface area contributed by atoms with Crippen molar-refractivity contribution in [2.45, 2.75) is 16.7 Å². The smallest absolute Gasteiger partial charge is 0.0162 e. The van der Waals surface area contributed by atoms with Crippen molar-refractivity contribution in [2.75, 3.05) is 20.6 Å². The Balaban J connectivity index is 2.05. The molecule has 2 aromatic rings. The number of allylic oxidation sites excluding steroid dienone is 1. The van der Waals surface area contributed by atoms with E-state index in [2.05, 4.69) is 80.5 Å². The van der Waals surface area contributed by atoms with E-state index in [0.717, 1.165) is 6.54 Å². The first-order valence-corrected chi connectivity index (χ1v) is 7.61. The van der Waals surface area contributed by atoms with Gasteiger partial charge in [0.1, 0.15) is 0 Å². The molecule has 2 rings (SSSR count). The van der Waals surface area contributed by atoms with E-state index < -0.39 is 0 Å². The Bertz CT molecular complexity index is 556.